The molecule has 222 valence electrons. The average Bonchev–Trinajstić information content (AvgIpc) is 3.14. The van der Waals surface area contributed by atoms with Crippen molar-refractivity contribution in [2.75, 3.05) is 24.7 Å². The van der Waals surface area contributed by atoms with Crippen LogP contribution in [0.5, 0.6) is 5.75 Å². The first-order valence-electron chi connectivity index (χ1n) is 13.0. The third-order valence-electron chi connectivity index (χ3n) is 6.98. The lowest BCUT2D eigenvalue weighted by Gasteiger charge is -2.33. The number of ether oxygens (including phenoxy) is 2. The summed E-state index contributed by atoms with van der Waals surface area (Å²) in [4.78, 5) is 27.0. The number of imidazole rings is 1. The molecule has 1 saturated carbocycles. The van der Waals surface area contributed by atoms with Crippen LogP contribution in [0.15, 0.2) is 36.7 Å². The van der Waals surface area contributed by atoms with Gasteiger partial charge in [0.25, 0.3) is 0 Å². The Balaban J connectivity index is 1.41. The highest BCUT2D eigenvalue weighted by Crippen LogP contribution is 2.65. The molecule has 2 fully saturated rings. The van der Waals surface area contributed by atoms with Crippen molar-refractivity contribution < 1.29 is 38.1 Å². The molecule has 0 bridgehead atoms. The van der Waals surface area contributed by atoms with Crippen molar-refractivity contribution in [3.05, 3.63) is 36.7 Å². The Hall–Kier alpha value is -3.33. The lowest BCUT2D eigenvalue weighted by Crippen LogP contribution is -2.49. The predicted molar refractivity (Wildman–Crippen MR) is 147 cm³/mol. The smallest absolute Gasteiger partial charge is 0.459 e. The van der Waals surface area contributed by atoms with E-state index < -0.39 is 55.5 Å². The number of nitrogen functional groups attached to an aromatic ring is 1. The predicted octanol–water partition coefficient (Wildman–Crippen LogP) is 1.37. The summed E-state index contributed by atoms with van der Waals surface area (Å²) in [6, 6.07) is 7.10. The van der Waals surface area contributed by atoms with Crippen LogP contribution in [0, 0.1) is 0 Å². The summed E-state index contributed by atoms with van der Waals surface area (Å²) >= 11 is 0. The number of para-hydroxylation sites is 1. The van der Waals surface area contributed by atoms with Crippen LogP contribution in [0.2, 0.25) is 0 Å². The summed E-state index contributed by atoms with van der Waals surface area (Å²) in [5, 5.41) is 25.8. The Bertz CT molecular complexity index is 1500. The monoisotopic (exact) mass is 591 g/mol. The van der Waals surface area contributed by atoms with Gasteiger partial charge >= 0.3 is 13.7 Å². The van der Waals surface area contributed by atoms with Gasteiger partial charge in [0.05, 0.1) is 12.4 Å². The first kappa shape index (κ1) is 29.2. The van der Waals surface area contributed by atoms with E-state index in [0.29, 0.717) is 11.3 Å². The molecule has 0 radical (unpaired) electrons. The maximum Gasteiger partial charge on any atom is 0.459 e. The molecule has 41 heavy (non-hydrogen) atoms. The number of carbonyl (C=O) groups is 1. The molecular weight excluding hydrogens is 557 g/mol. The lowest BCUT2D eigenvalue weighted by molar-refractivity contribution is -0.155. The summed E-state index contributed by atoms with van der Waals surface area (Å²) in [5.41, 5.74) is 2.63. The molecule has 1 aliphatic carbocycles. The van der Waals surface area contributed by atoms with Gasteiger partial charge in [-0.1, -0.05) is 18.2 Å². The Morgan fingerprint density at radius 3 is 2.49 bits per heavy atom. The minimum atomic E-state index is -4.35. The van der Waals surface area contributed by atoms with Crippen LogP contribution in [-0.2, 0) is 23.4 Å². The van der Waals surface area contributed by atoms with Crippen LogP contribution in [0.3, 0.4) is 0 Å². The number of nitrogens with zero attached hydrogens (tertiary/aromatic N) is 5. The SMILES string of the molecule is CC(C)OC(=O)[C@H](C)N[P@@](=O)(Oc1ccccc1)OC1[C@H]2O[C@@H](n3cnc4c(N(C)C)nc(N)nc43)[C@](C)(O)[C@@]12O. The standard InChI is InChI=1S/C25H34N7O8P/c1-13(2)37-21(33)14(3)30-41(36,39-15-10-8-7-9-11-15)40-18-17-25(18,35)24(4,34)22(38-17)32-12-27-16-19(31(5)6)28-23(26)29-20(16)32/h7-14,17-18,22,34-35H,1-6H3,(H,30,36)(H2,26,28,29)/t14-,17+,18?,22+,24-,25-,41+/m0/s1. The molecule has 0 spiro atoms. The van der Waals surface area contributed by atoms with E-state index in [2.05, 4.69) is 20.0 Å². The molecule has 1 unspecified atom stereocenters. The second-order valence-corrected chi connectivity index (χ2v) is 12.4. The molecule has 1 aliphatic heterocycles. The Morgan fingerprint density at radius 2 is 1.90 bits per heavy atom. The number of anilines is 2. The van der Waals surface area contributed by atoms with Gasteiger partial charge in [-0.05, 0) is 39.8 Å². The van der Waals surface area contributed by atoms with Crippen LogP contribution >= 0.6 is 7.75 Å². The number of carbonyl (C=O) groups excluding carboxylic acids is 1. The van der Waals surface area contributed by atoms with E-state index in [-0.39, 0.29) is 17.3 Å². The fourth-order valence-electron chi connectivity index (χ4n) is 4.88. The minimum Gasteiger partial charge on any atom is -0.462 e. The van der Waals surface area contributed by atoms with Gasteiger partial charge in [0.15, 0.2) is 28.8 Å². The molecule has 2 aliphatic rings. The van der Waals surface area contributed by atoms with E-state index in [1.165, 1.54) is 24.7 Å². The van der Waals surface area contributed by atoms with Crippen LogP contribution in [0.1, 0.15) is 33.9 Å². The van der Waals surface area contributed by atoms with Gasteiger partial charge in [0.2, 0.25) is 5.95 Å². The zero-order valence-corrected chi connectivity index (χ0v) is 24.3. The minimum absolute atomic E-state index is 0.0131. The maximum absolute atomic E-state index is 14.0. The number of hydrogen-bond donors (Lipinski definition) is 4. The van der Waals surface area contributed by atoms with Gasteiger partial charge < -0.3 is 34.8 Å². The number of esters is 1. The summed E-state index contributed by atoms with van der Waals surface area (Å²) in [6.45, 7) is 6.18. The number of benzene rings is 1. The van der Waals surface area contributed by atoms with E-state index in [9.17, 15) is 19.6 Å². The molecule has 2 aromatic heterocycles. The zero-order valence-electron chi connectivity index (χ0n) is 23.5. The topological polar surface area (TPSA) is 196 Å². The Labute approximate surface area is 236 Å². The number of aliphatic hydroxyl groups is 2. The van der Waals surface area contributed by atoms with E-state index in [1.54, 1.807) is 63.2 Å². The fourth-order valence-corrected chi connectivity index (χ4v) is 6.59. The van der Waals surface area contributed by atoms with Gasteiger partial charge in [-0.15, -0.1) is 0 Å². The van der Waals surface area contributed by atoms with Crippen molar-refractivity contribution in [1.29, 1.82) is 0 Å². The highest BCUT2D eigenvalue weighted by Gasteiger charge is 2.84. The fraction of sp³-hybridized carbons (Fsp3) is 0.520. The molecule has 1 saturated heterocycles. The number of hydrogen-bond acceptors (Lipinski definition) is 13. The molecule has 15 nitrogen and oxygen atoms in total. The van der Waals surface area contributed by atoms with E-state index in [4.69, 9.17) is 24.3 Å². The van der Waals surface area contributed by atoms with Crippen molar-refractivity contribution in [1.82, 2.24) is 24.6 Å². The second kappa shape index (κ2) is 10.2. The molecule has 5 N–H and O–H groups in total. The zero-order chi connectivity index (χ0) is 29.9. The molecule has 0 amide bonds. The largest absolute Gasteiger partial charge is 0.462 e. The maximum atomic E-state index is 14.0. The summed E-state index contributed by atoms with van der Waals surface area (Å²) < 4.78 is 38.2. The third-order valence-corrected chi connectivity index (χ3v) is 8.63. The molecule has 3 heterocycles. The molecule has 1 aromatic carbocycles. The quantitative estimate of drug-likeness (QED) is 0.195. The number of nitrogens with two attached hydrogens (primary N) is 1. The number of fused-ring (bicyclic) bond motifs is 2. The number of rotatable bonds is 10. The van der Waals surface area contributed by atoms with Gasteiger partial charge in [0, 0.05) is 14.1 Å². The summed E-state index contributed by atoms with van der Waals surface area (Å²) in [6.07, 6.45) is -2.55. The van der Waals surface area contributed by atoms with Crippen LogP contribution < -0.4 is 20.2 Å². The van der Waals surface area contributed by atoms with Gasteiger partial charge in [-0.3, -0.25) is 13.9 Å². The molecule has 7 atom stereocenters. The second-order valence-electron chi connectivity index (χ2n) is 10.8. The molecule has 3 aromatic rings. The number of aromatic nitrogens is 4. The van der Waals surface area contributed by atoms with Crippen LogP contribution in [0.4, 0.5) is 11.8 Å². The molecule has 16 heteroatoms. The van der Waals surface area contributed by atoms with E-state index in [0.717, 1.165) is 0 Å². The van der Waals surface area contributed by atoms with Crippen molar-refractivity contribution in [2.45, 2.75) is 69.5 Å². The first-order valence-corrected chi connectivity index (χ1v) is 14.5. The van der Waals surface area contributed by atoms with Crippen LogP contribution in [-0.4, -0.2) is 85.4 Å². The number of nitrogens with one attached hydrogen (secondary N) is 1. The lowest BCUT2D eigenvalue weighted by atomic mass is 9.95. The summed E-state index contributed by atoms with van der Waals surface area (Å²) in [5.74, 6) is -0.0381. The van der Waals surface area contributed by atoms with Crippen molar-refractivity contribution in [2.24, 2.45) is 0 Å². The van der Waals surface area contributed by atoms with Crippen molar-refractivity contribution in [3.63, 3.8) is 0 Å². The average molecular weight is 592 g/mol. The highest BCUT2D eigenvalue weighted by molar-refractivity contribution is 7.52. The normalized spacial score (nSPS) is 29.1. The summed E-state index contributed by atoms with van der Waals surface area (Å²) in [7, 11) is -0.801. The molecule has 5 rings (SSSR count). The highest BCUT2D eigenvalue weighted by atomic mass is 31.2. The molecular formula is C25H34N7O8P. The third kappa shape index (κ3) is 5.02. The van der Waals surface area contributed by atoms with E-state index >= 15 is 0 Å². The van der Waals surface area contributed by atoms with Crippen molar-refractivity contribution >= 4 is 36.6 Å². The van der Waals surface area contributed by atoms with Gasteiger partial charge in [-0.25, -0.2) is 9.55 Å². The van der Waals surface area contributed by atoms with Gasteiger partial charge in [0.1, 0.15) is 29.6 Å². The Morgan fingerprint density at radius 1 is 1.22 bits per heavy atom. The van der Waals surface area contributed by atoms with Gasteiger partial charge in [-0.2, -0.15) is 15.1 Å². The van der Waals surface area contributed by atoms with Crippen LogP contribution in [0.25, 0.3) is 11.2 Å². The van der Waals surface area contributed by atoms with Crippen molar-refractivity contribution in [3.8, 4) is 5.75 Å². The Kier molecular flexibility index (Phi) is 7.25. The first-order chi connectivity index (χ1) is 19.2. The van der Waals surface area contributed by atoms with E-state index in [1.807, 2.05) is 0 Å².